The lowest BCUT2D eigenvalue weighted by atomic mass is 9.85. The first-order valence-electron chi connectivity index (χ1n) is 9.88. The molecule has 1 unspecified atom stereocenters. The van der Waals surface area contributed by atoms with Crippen molar-refractivity contribution >= 4 is 33.8 Å². The standard InChI is InChI=1S/C22H19ClFN5OS/c1-30-18-11-15(9-10-17(18)29-12-25-21(23)28-29)26-22-27-20-16(3-2-4-19(20)31-22)13-5-7-14(24)8-6-13/h5-12,16H,2-4H2,1H3,(H,26,27). The Morgan fingerprint density at radius 2 is 2.06 bits per heavy atom. The molecule has 2 aromatic carbocycles. The van der Waals surface area contributed by atoms with Gasteiger partial charge in [-0.25, -0.2) is 19.0 Å². The zero-order valence-electron chi connectivity index (χ0n) is 16.7. The minimum atomic E-state index is -0.217. The number of rotatable bonds is 5. The van der Waals surface area contributed by atoms with Gasteiger partial charge < -0.3 is 10.1 Å². The number of thiazole rings is 1. The number of fused-ring (bicyclic) bond motifs is 1. The van der Waals surface area contributed by atoms with E-state index in [0.717, 1.165) is 47.0 Å². The van der Waals surface area contributed by atoms with Crippen LogP contribution >= 0.6 is 22.9 Å². The zero-order valence-corrected chi connectivity index (χ0v) is 18.3. The first-order valence-corrected chi connectivity index (χ1v) is 11.1. The SMILES string of the molecule is COc1cc(Nc2nc3c(s2)CCCC3c2ccc(F)cc2)ccc1-n1cnc(Cl)n1. The number of anilines is 2. The van der Waals surface area contributed by atoms with Crippen LogP contribution in [0.3, 0.4) is 0 Å². The van der Waals surface area contributed by atoms with E-state index in [1.165, 1.54) is 23.3 Å². The molecule has 1 aliphatic rings. The predicted octanol–water partition coefficient (Wildman–Crippen LogP) is 5.74. The monoisotopic (exact) mass is 455 g/mol. The summed E-state index contributed by atoms with van der Waals surface area (Å²) in [6.07, 6.45) is 4.67. The van der Waals surface area contributed by atoms with Crippen molar-refractivity contribution in [1.82, 2.24) is 19.7 Å². The highest BCUT2D eigenvalue weighted by Crippen LogP contribution is 2.41. The summed E-state index contributed by atoms with van der Waals surface area (Å²) in [5.41, 5.74) is 3.79. The molecule has 2 heterocycles. The van der Waals surface area contributed by atoms with Crippen LogP contribution in [0.4, 0.5) is 15.2 Å². The number of hydrogen-bond donors (Lipinski definition) is 1. The van der Waals surface area contributed by atoms with E-state index in [0.29, 0.717) is 5.75 Å². The van der Waals surface area contributed by atoms with Gasteiger partial charge in [-0.3, -0.25) is 0 Å². The molecule has 0 radical (unpaired) electrons. The minimum Gasteiger partial charge on any atom is -0.494 e. The second-order valence-electron chi connectivity index (χ2n) is 7.29. The van der Waals surface area contributed by atoms with Gasteiger partial charge in [0.25, 0.3) is 0 Å². The topological polar surface area (TPSA) is 64.9 Å². The maximum Gasteiger partial charge on any atom is 0.242 e. The van der Waals surface area contributed by atoms with Crippen LogP contribution in [0.5, 0.6) is 5.75 Å². The van der Waals surface area contributed by atoms with Gasteiger partial charge in [-0.05, 0) is 60.7 Å². The molecule has 6 nitrogen and oxygen atoms in total. The molecule has 1 atom stereocenters. The van der Waals surface area contributed by atoms with Crippen LogP contribution < -0.4 is 10.1 Å². The highest BCUT2D eigenvalue weighted by atomic mass is 35.5. The van der Waals surface area contributed by atoms with Crippen molar-refractivity contribution in [1.29, 1.82) is 0 Å². The first-order chi connectivity index (χ1) is 15.1. The summed E-state index contributed by atoms with van der Waals surface area (Å²) in [6, 6.07) is 12.5. The van der Waals surface area contributed by atoms with Gasteiger partial charge in [-0.1, -0.05) is 12.1 Å². The summed E-state index contributed by atoms with van der Waals surface area (Å²) in [7, 11) is 1.61. The molecule has 0 amide bonds. The maximum atomic E-state index is 13.3. The van der Waals surface area contributed by atoms with Crippen LogP contribution in [0.2, 0.25) is 5.28 Å². The molecule has 0 saturated carbocycles. The van der Waals surface area contributed by atoms with Crippen molar-refractivity contribution in [3.8, 4) is 11.4 Å². The van der Waals surface area contributed by atoms with Crippen molar-refractivity contribution in [2.75, 3.05) is 12.4 Å². The molecule has 31 heavy (non-hydrogen) atoms. The van der Waals surface area contributed by atoms with Crippen LogP contribution in [0, 0.1) is 5.82 Å². The Bertz CT molecular complexity index is 1220. The number of benzene rings is 2. The van der Waals surface area contributed by atoms with Gasteiger partial charge in [-0.2, -0.15) is 0 Å². The van der Waals surface area contributed by atoms with E-state index in [-0.39, 0.29) is 17.0 Å². The Labute approximate surface area is 187 Å². The molecule has 2 aromatic heterocycles. The van der Waals surface area contributed by atoms with Crippen molar-refractivity contribution in [2.45, 2.75) is 25.2 Å². The van der Waals surface area contributed by atoms with E-state index in [1.54, 1.807) is 23.1 Å². The summed E-state index contributed by atoms with van der Waals surface area (Å²) in [5, 5.41) is 8.53. The highest BCUT2D eigenvalue weighted by molar-refractivity contribution is 7.15. The molecule has 0 bridgehead atoms. The number of aromatic nitrogens is 4. The molecule has 0 spiro atoms. The van der Waals surface area contributed by atoms with E-state index < -0.39 is 0 Å². The third-order valence-corrected chi connectivity index (χ3v) is 6.59. The zero-order chi connectivity index (χ0) is 21.4. The van der Waals surface area contributed by atoms with E-state index in [9.17, 15) is 4.39 Å². The van der Waals surface area contributed by atoms with Crippen LogP contribution in [0.15, 0.2) is 48.8 Å². The molecule has 4 aromatic rings. The van der Waals surface area contributed by atoms with Gasteiger partial charge in [0.05, 0.1) is 12.8 Å². The molecule has 9 heteroatoms. The quantitative estimate of drug-likeness (QED) is 0.416. The van der Waals surface area contributed by atoms with Crippen molar-refractivity contribution in [3.05, 3.63) is 76.0 Å². The van der Waals surface area contributed by atoms with Gasteiger partial charge in [0.15, 0.2) is 5.13 Å². The summed E-state index contributed by atoms with van der Waals surface area (Å²) in [6.45, 7) is 0. The smallest absolute Gasteiger partial charge is 0.242 e. The van der Waals surface area contributed by atoms with E-state index in [4.69, 9.17) is 21.3 Å². The minimum absolute atomic E-state index is 0.174. The van der Waals surface area contributed by atoms with E-state index >= 15 is 0 Å². The third-order valence-electron chi connectivity index (χ3n) is 5.37. The summed E-state index contributed by atoms with van der Waals surface area (Å²) in [5.74, 6) is 0.619. The lowest BCUT2D eigenvalue weighted by Crippen LogP contribution is -2.10. The Kier molecular flexibility index (Phi) is 5.33. The summed E-state index contributed by atoms with van der Waals surface area (Å²) >= 11 is 7.50. The molecule has 0 aliphatic heterocycles. The number of nitrogens with zero attached hydrogens (tertiary/aromatic N) is 4. The molecular formula is C22H19ClFN5OS. The maximum absolute atomic E-state index is 13.3. The fourth-order valence-corrected chi connectivity index (χ4v) is 5.13. The third kappa shape index (κ3) is 4.00. The van der Waals surface area contributed by atoms with Gasteiger partial charge in [0.2, 0.25) is 5.28 Å². The molecule has 1 N–H and O–H groups in total. The van der Waals surface area contributed by atoms with Gasteiger partial charge in [-0.15, -0.1) is 16.4 Å². The summed E-state index contributed by atoms with van der Waals surface area (Å²) < 4.78 is 20.5. The Balaban J connectivity index is 1.42. The highest BCUT2D eigenvalue weighted by Gasteiger charge is 2.26. The number of methoxy groups -OCH3 is 1. The lowest BCUT2D eigenvalue weighted by molar-refractivity contribution is 0.412. The van der Waals surface area contributed by atoms with Gasteiger partial charge in [0, 0.05) is 22.5 Å². The van der Waals surface area contributed by atoms with Crippen molar-refractivity contribution in [2.24, 2.45) is 0 Å². The fourth-order valence-electron chi connectivity index (χ4n) is 3.92. The van der Waals surface area contributed by atoms with Crippen LogP contribution in [0.1, 0.15) is 34.9 Å². The van der Waals surface area contributed by atoms with E-state index in [2.05, 4.69) is 15.4 Å². The predicted molar refractivity (Wildman–Crippen MR) is 119 cm³/mol. The average Bonchev–Trinajstić information content (AvgIpc) is 3.39. The van der Waals surface area contributed by atoms with Crippen molar-refractivity contribution in [3.63, 3.8) is 0 Å². The van der Waals surface area contributed by atoms with Gasteiger partial charge >= 0.3 is 0 Å². The molecule has 1 aliphatic carbocycles. The summed E-state index contributed by atoms with van der Waals surface area (Å²) in [4.78, 5) is 10.1. The fraction of sp³-hybridized carbons (Fsp3) is 0.227. The second kappa shape index (κ2) is 8.28. The van der Waals surface area contributed by atoms with Crippen LogP contribution in [0.25, 0.3) is 5.69 Å². The molecule has 158 valence electrons. The normalized spacial score (nSPS) is 15.5. The van der Waals surface area contributed by atoms with Gasteiger partial charge in [0.1, 0.15) is 23.6 Å². The Hall–Kier alpha value is -2.97. The first kappa shape index (κ1) is 20.0. The Morgan fingerprint density at radius 1 is 1.23 bits per heavy atom. The number of aryl methyl sites for hydroxylation is 1. The number of halogens is 2. The van der Waals surface area contributed by atoms with Crippen LogP contribution in [-0.4, -0.2) is 26.9 Å². The van der Waals surface area contributed by atoms with Crippen LogP contribution in [-0.2, 0) is 6.42 Å². The second-order valence-corrected chi connectivity index (χ2v) is 8.72. The largest absolute Gasteiger partial charge is 0.494 e. The number of nitrogens with one attached hydrogen (secondary N) is 1. The Morgan fingerprint density at radius 3 is 2.81 bits per heavy atom. The molecular weight excluding hydrogens is 437 g/mol. The molecule has 0 fully saturated rings. The average molecular weight is 456 g/mol. The van der Waals surface area contributed by atoms with E-state index in [1.807, 2.05) is 30.3 Å². The number of ether oxygens (including phenoxy) is 1. The number of hydrogen-bond acceptors (Lipinski definition) is 6. The lowest BCUT2D eigenvalue weighted by Gasteiger charge is -2.21. The molecule has 0 saturated heterocycles. The van der Waals surface area contributed by atoms with Crippen molar-refractivity contribution < 1.29 is 9.13 Å². The molecule has 5 rings (SSSR count).